The van der Waals surface area contributed by atoms with Gasteiger partial charge in [0, 0.05) is 6.20 Å². The molecule has 0 radical (unpaired) electrons. The lowest BCUT2D eigenvalue weighted by molar-refractivity contribution is -0.139. The molecule has 5 nitrogen and oxygen atoms in total. The Balaban J connectivity index is 2.79. The van der Waals surface area contributed by atoms with Gasteiger partial charge in [0.2, 0.25) is 0 Å². The molecule has 0 saturated carbocycles. The molecule has 5 heteroatoms. The first-order valence-electron chi connectivity index (χ1n) is 5.38. The molecular weight excluding hydrogens is 222 g/mol. The molecule has 1 rings (SSSR count). The van der Waals surface area contributed by atoms with Gasteiger partial charge in [0.15, 0.2) is 0 Å². The first kappa shape index (κ1) is 13.0. The van der Waals surface area contributed by atoms with Crippen LogP contribution in [0.2, 0.25) is 0 Å². The van der Waals surface area contributed by atoms with Crippen LogP contribution >= 0.6 is 0 Å². The number of nitrogens with one attached hydrogen (secondary N) is 1. The minimum Gasteiger partial charge on any atom is -0.462 e. The van der Waals surface area contributed by atoms with E-state index in [4.69, 9.17) is 9.47 Å². The van der Waals surface area contributed by atoms with Gasteiger partial charge in [0.1, 0.15) is 5.70 Å². The summed E-state index contributed by atoms with van der Waals surface area (Å²) < 4.78 is 9.68. The second-order valence-corrected chi connectivity index (χ2v) is 3.12. The molecule has 0 bridgehead atoms. The highest BCUT2D eigenvalue weighted by atomic mass is 16.5. The SMILES string of the molecule is CCOC(=O)C1=CC=C(C(=O)OCC)NC=C1. The summed E-state index contributed by atoms with van der Waals surface area (Å²) >= 11 is 0. The van der Waals surface area contributed by atoms with E-state index in [1.54, 1.807) is 19.9 Å². The minimum atomic E-state index is -0.460. The van der Waals surface area contributed by atoms with Crippen molar-refractivity contribution in [1.82, 2.24) is 5.32 Å². The Morgan fingerprint density at radius 1 is 1.12 bits per heavy atom. The molecule has 0 aliphatic carbocycles. The van der Waals surface area contributed by atoms with Gasteiger partial charge >= 0.3 is 11.9 Å². The summed E-state index contributed by atoms with van der Waals surface area (Å²) in [5.41, 5.74) is 0.654. The summed E-state index contributed by atoms with van der Waals surface area (Å²) in [7, 11) is 0. The van der Waals surface area contributed by atoms with E-state index < -0.39 is 11.9 Å². The van der Waals surface area contributed by atoms with Crippen LogP contribution in [-0.2, 0) is 19.1 Å². The van der Waals surface area contributed by atoms with Crippen molar-refractivity contribution in [3.8, 4) is 0 Å². The van der Waals surface area contributed by atoms with E-state index >= 15 is 0 Å². The van der Waals surface area contributed by atoms with Crippen LogP contribution in [0.3, 0.4) is 0 Å². The number of rotatable bonds is 4. The van der Waals surface area contributed by atoms with Gasteiger partial charge in [-0.15, -0.1) is 0 Å². The van der Waals surface area contributed by atoms with Crippen molar-refractivity contribution < 1.29 is 19.1 Å². The Morgan fingerprint density at radius 3 is 2.41 bits per heavy atom. The number of hydrogen-bond donors (Lipinski definition) is 1. The molecular formula is C12H15NO4. The topological polar surface area (TPSA) is 64.6 Å². The minimum absolute atomic E-state index is 0.280. The fourth-order valence-electron chi connectivity index (χ4n) is 1.18. The van der Waals surface area contributed by atoms with E-state index in [1.165, 1.54) is 18.4 Å². The van der Waals surface area contributed by atoms with Crippen LogP contribution in [0.4, 0.5) is 0 Å². The van der Waals surface area contributed by atoms with Gasteiger partial charge in [0.25, 0.3) is 0 Å². The van der Waals surface area contributed by atoms with E-state index in [2.05, 4.69) is 5.32 Å². The molecule has 1 aliphatic heterocycles. The summed E-state index contributed by atoms with van der Waals surface area (Å²) in [4.78, 5) is 22.9. The van der Waals surface area contributed by atoms with Gasteiger partial charge in [-0.3, -0.25) is 0 Å². The summed E-state index contributed by atoms with van der Waals surface area (Å²) in [6, 6.07) is 0. The summed E-state index contributed by atoms with van der Waals surface area (Å²) in [6.45, 7) is 4.07. The lowest BCUT2D eigenvalue weighted by Gasteiger charge is -2.03. The monoisotopic (exact) mass is 237 g/mol. The molecule has 0 aromatic heterocycles. The maximum atomic E-state index is 11.4. The molecule has 1 N–H and O–H groups in total. The maximum Gasteiger partial charge on any atom is 0.354 e. The molecule has 0 fully saturated rings. The number of carbonyl (C=O) groups is 2. The molecule has 0 amide bonds. The number of allylic oxidation sites excluding steroid dienone is 2. The first-order valence-corrected chi connectivity index (χ1v) is 5.38. The molecule has 0 aromatic rings. The zero-order valence-corrected chi connectivity index (χ0v) is 9.86. The Labute approximate surface area is 99.8 Å². The van der Waals surface area contributed by atoms with E-state index in [-0.39, 0.29) is 5.70 Å². The maximum absolute atomic E-state index is 11.4. The predicted octanol–water partition coefficient (Wildman–Crippen LogP) is 1.04. The van der Waals surface area contributed by atoms with Crippen molar-refractivity contribution in [2.75, 3.05) is 13.2 Å². The molecule has 92 valence electrons. The predicted molar refractivity (Wildman–Crippen MR) is 61.7 cm³/mol. The standard InChI is InChI=1S/C12H15NO4/c1-3-16-11(14)9-5-6-10(13-8-7-9)12(15)17-4-2/h5-8,13H,3-4H2,1-2H3. The average Bonchev–Trinajstić information content (AvgIpc) is 2.55. The van der Waals surface area contributed by atoms with E-state index in [9.17, 15) is 9.59 Å². The fraction of sp³-hybridized carbons (Fsp3) is 0.333. The van der Waals surface area contributed by atoms with Gasteiger partial charge in [-0.25, -0.2) is 9.59 Å². The summed E-state index contributed by atoms with van der Waals surface area (Å²) in [6.07, 6.45) is 6.05. The quantitative estimate of drug-likeness (QED) is 0.740. The molecule has 0 unspecified atom stereocenters. The van der Waals surface area contributed by atoms with Gasteiger partial charge < -0.3 is 14.8 Å². The molecule has 17 heavy (non-hydrogen) atoms. The highest BCUT2D eigenvalue weighted by Crippen LogP contribution is 2.07. The Kier molecular flexibility index (Phi) is 5.00. The van der Waals surface area contributed by atoms with Crippen molar-refractivity contribution >= 4 is 11.9 Å². The second-order valence-electron chi connectivity index (χ2n) is 3.12. The third-order valence-corrected chi connectivity index (χ3v) is 1.94. The second kappa shape index (κ2) is 6.52. The van der Waals surface area contributed by atoms with Crippen LogP contribution < -0.4 is 5.32 Å². The first-order chi connectivity index (χ1) is 8.19. The third-order valence-electron chi connectivity index (χ3n) is 1.94. The van der Waals surface area contributed by atoms with Crippen molar-refractivity contribution in [3.05, 3.63) is 35.7 Å². The summed E-state index contributed by atoms with van der Waals surface area (Å²) in [5.74, 6) is -0.884. The van der Waals surface area contributed by atoms with Gasteiger partial charge in [-0.1, -0.05) is 0 Å². The molecule has 0 atom stereocenters. The van der Waals surface area contributed by atoms with Crippen LogP contribution in [0.1, 0.15) is 13.8 Å². The van der Waals surface area contributed by atoms with E-state index in [0.29, 0.717) is 18.8 Å². The third kappa shape index (κ3) is 3.79. The van der Waals surface area contributed by atoms with Crippen molar-refractivity contribution in [2.45, 2.75) is 13.8 Å². The van der Waals surface area contributed by atoms with Crippen molar-refractivity contribution in [3.63, 3.8) is 0 Å². The average molecular weight is 237 g/mol. The van der Waals surface area contributed by atoms with Crippen LogP contribution in [0, 0.1) is 0 Å². The van der Waals surface area contributed by atoms with Crippen molar-refractivity contribution in [1.29, 1.82) is 0 Å². The van der Waals surface area contributed by atoms with Gasteiger partial charge in [-0.2, -0.15) is 0 Å². The van der Waals surface area contributed by atoms with Crippen LogP contribution in [0.15, 0.2) is 35.7 Å². The highest BCUT2D eigenvalue weighted by Gasteiger charge is 2.12. The largest absolute Gasteiger partial charge is 0.462 e. The lowest BCUT2D eigenvalue weighted by Crippen LogP contribution is -2.17. The normalized spacial score (nSPS) is 14.0. The Morgan fingerprint density at radius 2 is 1.76 bits per heavy atom. The van der Waals surface area contributed by atoms with Gasteiger partial charge in [0.05, 0.1) is 18.8 Å². The smallest absolute Gasteiger partial charge is 0.354 e. The van der Waals surface area contributed by atoms with Crippen LogP contribution in [0.5, 0.6) is 0 Å². The number of ether oxygens (including phenoxy) is 2. The Hall–Kier alpha value is -2.04. The van der Waals surface area contributed by atoms with Crippen LogP contribution in [-0.4, -0.2) is 25.2 Å². The van der Waals surface area contributed by atoms with E-state index in [1.807, 2.05) is 0 Å². The molecule has 1 aliphatic rings. The number of esters is 2. The molecule has 0 saturated heterocycles. The van der Waals surface area contributed by atoms with E-state index in [0.717, 1.165) is 0 Å². The fourth-order valence-corrected chi connectivity index (χ4v) is 1.18. The zero-order chi connectivity index (χ0) is 12.7. The lowest BCUT2D eigenvalue weighted by atomic mass is 10.2. The zero-order valence-electron chi connectivity index (χ0n) is 9.86. The molecule has 1 heterocycles. The number of hydrogen-bond acceptors (Lipinski definition) is 5. The highest BCUT2D eigenvalue weighted by molar-refractivity contribution is 5.94. The molecule has 0 spiro atoms. The van der Waals surface area contributed by atoms with Crippen molar-refractivity contribution in [2.24, 2.45) is 0 Å². The molecule has 0 aromatic carbocycles. The Bertz CT molecular complexity index is 393. The van der Waals surface area contributed by atoms with Crippen LogP contribution in [0.25, 0.3) is 0 Å². The van der Waals surface area contributed by atoms with Gasteiger partial charge in [-0.05, 0) is 32.1 Å². The number of carbonyl (C=O) groups excluding carboxylic acids is 2. The summed E-state index contributed by atoms with van der Waals surface area (Å²) in [5, 5.41) is 2.74.